The topological polar surface area (TPSA) is 128 Å². The number of benzene rings is 1. The van der Waals surface area contributed by atoms with Gasteiger partial charge in [-0.1, -0.05) is 29.8 Å². The molecule has 0 spiro atoms. The molecule has 0 fully saturated rings. The largest absolute Gasteiger partial charge is 0.449 e. The Morgan fingerprint density at radius 2 is 2.10 bits per heavy atom. The average Bonchev–Trinajstić information content (AvgIpc) is 3.39. The van der Waals surface area contributed by atoms with Crippen LogP contribution >= 0.6 is 11.6 Å². The minimum Gasteiger partial charge on any atom is -0.449 e. The summed E-state index contributed by atoms with van der Waals surface area (Å²) in [6.45, 7) is 1.86. The summed E-state index contributed by atoms with van der Waals surface area (Å²) in [6.07, 6.45) is 4.58. The number of hydrogen-bond donors (Lipinski definition) is 2. The number of hydrogen-bond acceptors (Lipinski definition) is 7. The molecule has 0 radical (unpaired) electrons. The van der Waals surface area contributed by atoms with Gasteiger partial charge >= 0.3 is 5.97 Å². The number of carbonyl (C=O) groups is 2. The number of nitrogens with zero attached hydrogens (tertiary/aromatic N) is 5. The summed E-state index contributed by atoms with van der Waals surface area (Å²) in [7, 11) is 0. The number of ether oxygens (including phenoxy) is 1. The number of nitrogens with one attached hydrogen (secondary N) is 2. The van der Waals surface area contributed by atoms with Crippen molar-refractivity contribution in [1.29, 1.82) is 0 Å². The van der Waals surface area contributed by atoms with Crippen LogP contribution in [0.3, 0.4) is 0 Å². The fraction of sp³-hybridized carbons (Fsp3) is 0.158. The summed E-state index contributed by atoms with van der Waals surface area (Å²) in [4.78, 5) is 39.6. The third-order valence-corrected chi connectivity index (χ3v) is 4.65. The maximum Gasteiger partial charge on any atom is 0.342 e. The van der Waals surface area contributed by atoms with E-state index in [1.807, 2.05) is 18.2 Å². The normalized spacial score (nSPS) is 11.9. The van der Waals surface area contributed by atoms with Gasteiger partial charge in [-0.25, -0.2) is 19.7 Å². The molecule has 11 heteroatoms. The number of carbonyl (C=O) groups excluding carboxylic acids is 2. The summed E-state index contributed by atoms with van der Waals surface area (Å²) in [6, 6.07) is 7.36. The summed E-state index contributed by atoms with van der Waals surface area (Å²) in [5.74, 6) is -0.961. The molecule has 0 saturated heterocycles. The number of esters is 1. The van der Waals surface area contributed by atoms with Crippen LogP contribution in [0.25, 0.3) is 11.2 Å². The zero-order valence-electron chi connectivity index (χ0n) is 15.7. The molecule has 0 saturated carbocycles. The first-order chi connectivity index (χ1) is 14.5. The molecule has 1 atom stereocenters. The van der Waals surface area contributed by atoms with Gasteiger partial charge in [0.15, 0.2) is 17.6 Å². The Morgan fingerprint density at radius 3 is 2.93 bits per heavy atom. The van der Waals surface area contributed by atoms with Crippen LogP contribution < -0.4 is 5.32 Å². The zero-order chi connectivity index (χ0) is 21.1. The quantitative estimate of drug-likeness (QED) is 0.454. The number of imidazole rings is 1. The van der Waals surface area contributed by atoms with Gasteiger partial charge in [0, 0.05) is 11.2 Å². The molecule has 1 aromatic carbocycles. The molecular weight excluding hydrogens is 410 g/mol. The van der Waals surface area contributed by atoms with Gasteiger partial charge in [-0.3, -0.25) is 9.48 Å². The maximum atomic E-state index is 12.4. The first-order valence-electron chi connectivity index (χ1n) is 8.93. The molecule has 30 heavy (non-hydrogen) atoms. The van der Waals surface area contributed by atoms with Crippen molar-refractivity contribution in [2.24, 2.45) is 0 Å². The van der Waals surface area contributed by atoms with Crippen molar-refractivity contribution in [2.75, 3.05) is 5.32 Å². The number of halogens is 1. The smallest absolute Gasteiger partial charge is 0.342 e. The Morgan fingerprint density at radius 1 is 1.27 bits per heavy atom. The number of fused-ring (bicyclic) bond motifs is 1. The SMILES string of the molecule is C[C@H](OC(=O)c1cnn(Cc2ccccc2Cl)c1)C(=O)Nc1ncnc2nc[nH]c12. The number of anilines is 1. The number of H-pyrrole nitrogens is 1. The van der Waals surface area contributed by atoms with Crippen molar-refractivity contribution < 1.29 is 14.3 Å². The third-order valence-electron chi connectivity index (χ3n) is 4.28. The van der Waals surface area contributed by atoms with E-state index in [2.05, 4.69) is 30.4 Å². The van der Waals surface area contributed by atoms with Gasteiger partial charge in [0.2, 0.25) is 0 Å². The Kier molecular flexibility index (Phi) is 5.40. The standard InChI is InChI=1S/C19H16ClN7O3/c1-11(18(28)26-17-15-16(22-9-21-15)23-10-24-17)30-19(29)13-6-25-27(8-13)7-12-4-2-3-5-14(12)20/h2-6,8-11H,7H2,1H3,(H2,21,22,23,24,26,28)/t11-/m0/s1. The van der Waals surface area contributed by atoms with Crippen LogP contribution in [0.5, 0.6) is 0 Å². The lowest BCUT2D eigenvalue weighted by Gasteiger charge is -2.12. The third kappa shape index (κ3) is 4.13. The van der Waals surface area contributed by atoms with Crippen LogP contribution in [-0.2, 0) is 16.1 Å². The van der Waals surface area contributed by atoms with Crippen molar-refractivity contribution in [3.05, 3.63) is 65.5 Å². The van der Waals surface area contributed by atoms with Crippen LogP contribution in [-0.4, -0.2) is 47.7 Å². The van der Waals surface area contributed by atoms with Crippen LogP contribution in [0.1, 0.15) is 22.8 Å². The number of amides is 1. The molecule has 0 aliphatic heterocycles. The lowest BCUT2D eigenvalue weighted by atomic mass is 10.2. The van der Waals surface area contributed by atoms with E-state index in [-0.39, 0.29) is 11.4 Å². The van der Waals surface area contributed by atoms with Gasteiger partial charge < -0.3 is 15.0 Å². The maximum absolute atomic E-state index is 12.4. The van der Waals surface area contributed by atoms with Gasteiger partial charge in [-0.05, 0) is 18.6 Å². The molecule has 152 valence electrons. The van der Waals surface area contributed by atoms with E-state index in [9.17, 15) is 9.59 Å². The van der Waals surface area contributed by atoms with E-state index >= 15 is 0 Å². The monoisotopic (exact) mass is 425 g/mol. The summed E-state index contributed by atoms with van der Waals surface area (Å²) in [5.41, 5.74) is 1.98. The highest BCUT2D eigenvalue weighted by Gasteiger charge is 2.21. The summed E-state index contributed by atoms with van der Waals surface area (Å²) in [5, 5.41) is 7.36. The second kappa shape index (κ2) is 8.29. The highest BCUT2D eigenvalue weighted by atomic mass is 35.5. The first-order valence-corrected chi connectivity index (χ1v) is 9.31. The zero-order valence-corrected chi connectivity index (χ0v) is 16.5. The summed E-state index contributed by atoms with van der Waals surface area (Å²) >= 11 is 6.15. The van der Waals surface area contributed by atoms with Gasteiger partial charge in [-0.2, -0.15) is 5.10 Å². The molecular formula is C19H16ClN7O3. The molecule has 1 amide bonds. The minimum absolute atomic E-state index is 0.222. The van der Waals surface area contributed by atoms with Crippen LogP contribution in [0.2, 0.25) is 5.02 Å². The molecule has 4 aromatic rings. The second-order valence-electron chi connectivity index (χ2n) is 6.38. The Hall–Kier alpha value is -3.79. The van der Waals surface area contributed by atoms with Crippen LogP contribution in [0, 0.1) is 0 Å². The predicted molar refractivity (Wildman–Crippen MR) is 108 cm³/mol. The Balaban J connectivity index is 1.39. The van der Waals surface area contributed by atoms with E-state index in [0.29, 0.717) is 22.7 Å². The minimum atomic E-state index is -1.06. The van der Waals surface area contributed by atoms with Gasteiger partial charge in [-0.15, -0.1) is 0 Å². The fourth-order valence-corrected chi connectivity index (χ4v) is 2.91. The van der Waals surface area contributed by atoms with Gasteiger partial charge in [0.1, 0.15) is 11.8 Å². The molecule has 10 nitrogen and oxygen atoms in total. The predicted octanol–water partition coefficient (Wildman–Crippen LogP) is 2.44. The lowest BCUT2D eigenvalue weighted by molar-refractivity contribution is -0.123. The molecule has 0 bridgehead atoms. The fourth-order valence-electron chi connectivity index (χ4n) is 2.72. The highest BCUT2D eigenvalue weighted by Crippen LogP contribution is 2.17. The van der Waals surface area contributed by atoms with Crippen molar-refractivity contribution in [1.82, 2.24) is 29.7 Å². The second-order valence-corrected chi connectivity index (χ2v) is 6.79. The first kappa shape index (κ1) is 19.5. The van der Waals surface area contributed by atoms with Crippen molar-refractivity contribution in [3.8, 4) is 0 Å². The molecule has 3 aromatic heterocycles. The molecule has 4 rings (SSSR count). The van der Waals surface area contributed by atoms with Gasteiger partial charge in [0.05, 0.1) is 24.6 Å². The van der Waals surface area contributed by atoms with E-state index < -0.39 is 18.0 Å². The van der Waals surface area contributed by atoms with Crippen molar-refractivity contribution >= 4 is 40.5 Å². The number of rotatable bonds is 6. The molecule has 0 aliphatic carbocycles. The molecule has 3 heterocycles. The van der Waals surface area contributed by atoms with E-state index in [0.717, 1.165) is 5.56 Å². The molecule has 0 unspecified atom stereocenters. The molecule has 2 N–H and O–H groups in total. The van der Waals surface area contributed by atoms with Crippen LogP contribution in [0.4, 0.5) is 5.82 Å². The van der Waals surface area contributed by atoms with E-state index in [4.69, 9.17) is 16.3 Å². The van der Waals surface area contributed by atoms with E-state index in [1.54, 1.807) is 10.7 Å². The van der Waals surface area contributed by atoms with E-state index in [1.165, 1.54) is 32.0 Å². The number of aromatic amines is 1. The lowest BCUT2D eigenvalue weighted by Crippen LogP contribution is -2.30. The molecule has 0 aliphatic rings. The highest BCUT2D eigenvalue weighted by molar-refractivity contribution is 6.31. The van der Waals surface area contributed by atoms with Crippen molar-refractivity contribution in [2.45, 2.75) is 19.6 Å². The average molecular weight is 426 g/mol. The van der Waals surface area contributed by atoms with Crippen LogP contribution in [0.15, 0.2) is 49.3 Å². The Labute approximate surface area is 175 Å². The number of aromatic nitrogens is 6. The Bertz CT molecular complexity index is 1220. The van der Waals surface area contributed by atoms with Gasteiger partial charge in [0.25, 0.3) is 5.91 Å². The summed E-state index contributed by atoms with van der Waals surface area (Å²) < 4.78 is 6.82. The van der Waals surface area contributed by atoms with Crippen molar-refractivity contribution in [3.63, 3.8) is 0 Å².